The van der Waals surface area contributed by atoms with Gasteiger partial charge >= 0.3 is 0 Å². The van der Waals surface area contributed by atoms with Crippen LogP contribution in [0.4, 0.5) is 0 Å². The lowest BCUT2D eigenvalue weighted by Gasteiger charge is -2.18. The minimum absolute atomic E-state index is 0.155. The summed E-state index contributed by atoms with van der Waals surface area (Å²) in [6.45, 7) is 6.28. The summed E-state index contributed by atoms with van der Waals surface area (Å²) in [5.41, 5.74) is 0.947. The first-order valence-electron chi connectivity index (χ1n) is 6.87. The van der Waals surface area contributed by atoms with Crippen LogP contribution in [0, 0.1) is 6.92 Å². The average Bonchev–Trinajstić information content (AvgIpc) is 2.37. The van der Waals surface area contributed by atoms with Crippen molar-refractivity contribution < 1.29 is 14.9 Å². The second-order valence-electron chi connectivity index (χ2n) is 5.27. The Kier molecular flexibility index (Phi) is 7.30. The molecule has 0 bridgehead atoms. The van der Waals surface area contributed by atoms with E-state index in [1.54, 1.807) is 19.1 Å². The molecule has 0 heterocycles. The molecule has 0 amide bonds. The van der Waals surface area contributed by atoms with Crippen LogP contribution in [-0.4, -0.2) is 41.6 Å². The second-order valence-corrected chi connectivity index (χ2v) is 5.68. The molecular formula is C15H24ClNO3. The van der Waals surface area contributed by atoms with Gasteiger partial charge in [0.15, 0.2) is 0 Å². The van der Waals surface area contributed by atoms with Crippen LogP contribution in [0.25, 0.3) is 0 Å². The van der Waals surface area contributed by atoms with Crippen molar-refractivity contribution in [3.05, 3.63) is 28.8 Å². The highest BCUT2D eigenvalue weighted by Gasteiger charge is 2.10. The number of rotatable bonds is 8. The molecule has 3 N–H and O–H groups in total. The quantitative estimate of drug-likeness (QED) is 0.688. The molecule has 114 valence electrons. The predicted molar refractivity (Wildman–Crippen MR) is 81.5 cm³/mol. The van der Waals surface area contributed by atoms with Gasteiger partial charge in [0, 0.05) is 17.6 Å². The van der Waals surface area contributed by atoms with Crippen LogP contribution in [0.1, 0.15) is 25.8 Å². The first kappa shape index (κ1) is 17.2. The zero-order valence-electron chi connectivity index (χ0n) is 12.3. The highest BCUT2D eigenvalue weighted by Crippen LogP contribution is 2.21. The lowest BCUT2D eigenvalue weighted by Crippen LogP contribution is -2.37. The van der Waals surface area contributed by atoms with Gasteiger partial charge in [-0.15, -0.1) is 0 Å². The molecule has 1 aromatic carbocycles. The summed E-state index contributed by atoms with van der Waals surface area (Å²) in [5.74, 6) is 0.697. The van der Waals surface area contributed by atoms with Crippen LogP contribution in [-0.2, 0) is 0 Å². The van der Waals surface area contributed by atoms with Crippen LogP contribution in [0.2, 0.25) is 5.02 Å². The Morgan fingerprint density at radius 3 is 2.60 bits per heavy atom. The van der Waals surface area contributed by atoms with Crippen molar-refractivity contribution in [3.8, 4) is 5.75 Å². The molecule has 3 unspecified atom stereocenters. The molecule has 20 heavy (non-hydrogen) atoms. The molecule has 0 saturated heterocycles. The smallest absolute Gasteiger partial charge is 0.119 e. The van der Waals surface area contributed by atoms with E-state index in [4.69, 9.17) is 16.3 Å². The molecule has 0 aromatic heterocycles. The average molecular weight is 302 g/mol. The standard InChI is InChI=1S/C15H24ClNO3/c1-10-6-14(4-5-15(10)16)20-9-13(19)8-17-11(2)7-12(3)18/h4-6,11-13,17-19H,7-9H2,1-3H3. The Morgan fingerprint density at radius 1 is 1.30 bits per heavy atom. The number of hydrogen-bond acceptors (Lipinski definition) is 4. The van der Waals surface area contributed by atoms with Gasteiger partial charge < -0.3 is 20.3 Å². The van der Waals surface area contributed by atoms with Gasteiger partial charge in [-0.2, -0.15) is 0 Å². The maximum absolute atomic E-state index is 9.84. The third kappa shape index (κ3) is 6.57. The monoisotopic (exact) mass is 301 g/mol. The molecule has 0 saturated carbocycles. The number of ether oxygens (including phenoxy) is 1. The molecule has 4 nitrogen and oxygen atoms in total. The lowest BCUT2D eigenvalue weighted by atomic mass is 10.1. The van der Waals surface area contributed by atoms with Gasteiger partial charge in [0.2, 0.25) is 0 Å². The molecule has 0 fully saturated rings. The van der Waals surface area contributed by atoms with E-state index in [9.17, 15) is 10.2 Å². The van der Waals surface area contributed by atoms with Gasteiger partial charge in [-0.25, -0.2) is 0 Å². The minimum atomic E-state index is -0.595. The fraction of sp³-hybridized carbons (Fsp3) is 0.600. The number of aliphatic hydroxyl groups excluding tert-OH is 2. The van der Waals surface area contributed by atoms with Gasteiger partial charge in [0.05, 0.1) is 6.10 Å². The fourth-order valence-electron chi connectivity index (χ4n) is 1.89. The predicted octanol–water partition coefficient (Wildman–Crippen LogP) is 2.14. The first-order valence-corrected chi connectivity index (χ1v) is 7.24. The molecule has 1 rings (SSSR count). The summed E-state index contributed by atoms with van der Waals surface area (Å²) in [7, 11) is 0. The normalized spacial score (nSPS) is 15.7. The maximum Gasteiger partial charge on any atom is 0.119 e. The van der Waals surface area contributed by atoms with Gasteiger partial charge in [-0.3, -0.25) is 0 Å². The van der Waals surface area contributed by atoms with Crippen molar-refractivity contribution in [2.45, 2.75) is 45.4 Å². The van der Waals surface area contributed by atoms with Crippen LogP contribution >= 0.6 is 11.6 Å². The number of nitrogens with one attached hydrogen (secondary N) is 1. The second kappa shape index (κ2) is 8.47. The summed E-state index contributed by atoms with van der Waals surface area (Å²) >= 11 is 5.93. The molecule has 0 aliphatic heterocycles. The molecule has 0 aliphatic carbocycles. The zero-order valence-corrected chi connectivity index (χ0v) is 13.0. The van der Waals surface area contributed by atoms with E-state index in [0.717, 1.165) is 5.56 Å². The van der Waals surface area contributed by atoms with Crippen molar-refractivity contribution in [3.63, 3.8) is 0 Å². The van der Waals surface area contributed by atoms with Crippen molar-refractivity contribution >= 4 is 11.6 Å². The molecule has 0 radical (unpaired) electrons. The number of benzene rings is 1. The summed E-state index contributed by atoms with van der Waals surface area (Å²) in [6, 6.07) is 5.56. The molecule has 5 heteroatoms. The van der Waals surface area contributed by atoms with Crippen molar-refractivity contribution in [1.82, 2.24) is 5.32 Å². The number of aliphatic hydroxyl groups is 2. The SMILES string of the molecule is Cc1cc(OCC(O)CNC(C)CC(C)O)ccc1Cl. The lowest BCUT2D eigenvalue weighted by molar-refractivity contribution is 0.100. The molecule has 1 aromatic rings. The highest BCUT2D eigenvalue weighted by atomic mass is 35.5. The first-order chi connectivity index (χ1) is 9.38. The fourth-order valence-corrected chi connectivity index (χ4v) is 2.01. The number of aryl methyl sites for hydroxylation is 1. The van der Waals surface area contributed by atoms with E-state index < -0.39 is 6.10 Å². The Balaban J connectivity index is 2.28. The van der Waals surface area contributed by atoms with Crippen LogP contribution in [0.15, 0.2) is 18.2 Å². The van der Waals surface area contributed by atoms with E-state index >= 15 is 0 Å². The van der Waals surface area contributed by atoms with Crippen molar-refractivity contribution in [2.24, 2.45) is 0 Å². The molecular weight excluding hydrogens is 278 g/mol. The van der Waals surface area contributed by atoms with Crippen LogP contribution < -0.4 is 10.1 Å². The number of hydrogen-bond donors (Lipinski definition) is 3. The largest absolute Gasteiger partial charge is 0.491 e. The summed E-state index contributed by atoms with van der Waals surface area (Å²) in [5, 5.41) is 23.0. The van der Waals surface area contributed by atoms with Gasteiger partial charge in [-0.1, -0.05) is 11.6 Å². The van der Waals surface area contributed by atoms with E-state index in [1.165, 1.54) is 0 Å². The third-order valence-corrected chi connectivity index (χ3v) is 3.39. The molecule has 0 spiro atoms. The summed E-state index contributed by atoms with van der Waals surface area (Å²) in [4.78, 5) is 0. The zero-order chi connectivity index (χ0) is 15.1. The topological polar surface area (TPSA) is 61.7 Å². The van der Waals surface area contributed by atoms with E-state index in [0.29, 0.717) is 23.7 Å². The Morgan fingerprint density at radius 2 is 2.00 bits per heavy atom. The van der Waals surface area contributed by atoms with Crippen LogP contribution in [0.3, 0.4) is 0 Å². The Hall–Kier alpha value is -0.810. The Labute approximate surface area is 125 Å². The highest BCUT2D eigenvalue weighted by molar-refractivity contribution is 6.31. The minimum Gasteiger partial charge on any atom is -0.491 e. The molecule has 0 aliphatic rings. The van der Waals surface area contributed by atoms with Gasteiger partial charge in [0.25, 0.3) is 0 Å². The summed E-state index contributed by atoms with van der Waals surface area (Å²) < 4.78 is 5.52. The molecule has 3 atom stereocenters. The van der Waals surface area contributed by atoms with E-state index in [1.807, 2.05) is 19.9 Å². The van der Waals surface area contributed by atoms with Crippen molar-refractivity contribution in [2.75, 3.05) is 13.2 Å². The third-order valence-electron chi connectivity index (χ3n) is 2.97. The van der Waals surface area contributed by atoms with Gasteiger partial charge in [0.1, 0.15) is 18.5 Å². The van der Waals surface area contributed by atoms with Crippen LogP contribution in [0.5, 0.6) is 5.75 Å². The Bertz CT molecular complexity index is 412. The van der Waals surface area contributed by atoms with E-state index in [2.05, 4.69) is 5.32 Å². The summed E-state index contributed by atoms with van der Waals surface area (Å²) in [6.07, 6.45) is -0.283. The van der Waals surface area contributed by atoms with Gasteiger partial charge in [-0.05, 0) is 51.0 Å². The van der Waals surface area contributed by atoms with E-state index in [-0.39, 0.29) is 18.8 Å². The number of halogens is 1. The van der Waals surface area contributed by atoms with Crippen molar-refractivity contribution in [1.29, 1.82) is 0 Å². The maximum atomic E-state index is 9.84.